The number of carboxylic acids is 2. The van der Waals surface area contributed by atoms with Crippen molar-refractivity contribution in [2.45, 2.75) is 6.54 Å². The maximum Gasteiger partial charge on any atom is 0.414 e. The number of piperazine rings is 1. The zero-order valence-electron chi connectivity index (χ0n) is 16.5. The molecule has 0 atom stereocenters. The third-order valence-electron chi connectivity index (χ3n) is 4.76. The summed E-state index contributed by atoms with van der Waals surface area (Å²) in [5.74, 6) is -2.56. The highest BCUT2D eigenvalue weighted by Crippen LogP contribution is 2.32. The molecule has 2 aliphatic heterocycles. The molecular formula is C21H21FN2O7. The van der Waals surface area contributed by atoms with Gasteiger partial charge in [0.2, 0.25) is 6.79 Å². The Morgan fingerprint density at radius 1 is 0.903 bits per heavy atom. The predicted molar refractivity (Wildman–Crippen MR) is 105 cm³/mol. The number of ether oxygens (including phenoxy) is 2. The van der Waals surface area contributed by atoms with Crippen molar-refractivity contribution in [3.63, 3.8) is 0 Å². The maximum atomic E-state index is 13.3. The number of carbonyl (C=O) groups excluding carboxylic acids is 1. The maximum absolute atomic E-state index is 13.3. The predicted octanol–water partition coefficient (Wildman–Crippen LogP) is 1.67. The number of carboxylic acid groups (broad SMARTS) is 2. The standard InChI is InChI=1S/C19H19FN2O3.C2H2O4/c20-16-3-1-2-15(11-16)19(23)22-8-6-21(7-9-22)12-14-4-5-17-18(10-14)25-13-24-17;3-1(4)2(5)6/h1-5,10-11H,6-9,12-13H2;(H,3,4)(H,5,6). The van der Waals surface area contributed by atoms with Crippen LogP contribution < -0.4 is 9.47 Å². The normalized spacial score (nSPS) is 15.1. The molecule has 9 nitrogen and oxygen atoms in total. The first-order chi connectivity index (χ1) is 14.8. The van der Waals surface area contributed by atoms with Crippen LogP contribution in [0.25, 0.3) is 0 Å². The average molecular weight is 432 g/mol. The van der Waals surface area contributed by atoms with E-state index in [0.29, 0.717) is 18.7 Å². The van der Waals surface area contributed by atoms with Crippen molar-refractivity contribution < 1.29 is 38.5 Å². The Morgan fingerprint density at radius 2 is 1.58 bits per heavy atom. The van der Waals surface area contributed by atoms with Crippen LogP contribution in [0.1, 0.15) is 15.9 Å². The molecule has 0 unspecified atom stereocenters. The first kappa shape index (κ1) is 22.0. The van der Waals surface area contributed by atoms with E-state index in [1.54, 1.807) is 17.0 Å². The molecule has 31 heavy (non-hydrogen) atoms. The number of fused-ring (bicyclic) bond motifs is 1. The number of rotatable bonds is 3. The van der Waals surface area contributed by atoms with Crippen molar-refractivity contribution in [2.75, 3.05) is 33.0 Å². The molecule has 0 aromatic heterocycles. The van der Waals surface area contributed by atoms with E-state index >= 15 is 0 Å². The molecule has 1 saturated heterocycles. The van der Waals surface area contributed by atoms with Crippen molar-refractivity contribution in [2.24, 2.45) is 0 Å². The van der Waals surface area contributed by atoms with Gasteiger partial charge in [0.05, 0.1) is 0 Å². The second kappa shape index (κ2) is 9.90. The van der Waals surface area contributed by atoms with E-state index in [1.807, 2.05) is 18.2 Å². The molecule has 0 spiro atoms. The van der Waals surface area contributed by atoms with Gasteiger partial charge in [0.15, 0.2) is 11.5 Å². The van der Waals surface area contributed by atoms with E-state index in [4.69, 9.17) is 29.3 Å². The van der Waals surface area contributed by atoms with Gasteiger partial charge in [-0.3, -0.25) is 9.69 Å². The van der Waals surface area contributed by atoms with Gasteiger partial charge >= 0.3 is 11.9 Å². The zero-order valence-corrected chi connectivity index (χ0v) is 16.5. The van der Waals surface area contributed by atoms with Gasteiger partial charge in [-0.05, 0) is 35.9 Å². The summed E-state index contributed by atoms with van der Waals surface area (Å²) in [4.78, 5) is 34.7. The Hall–Kier alpha value is -3.66. The Bertz CT molecular complexity index is 962. The van der Waals surface area contributed by atoms with Gasteiger partial charge in [0.1, 0.15) is 5.82 Å². The lowest BCUT2D eigenvalue weighted by Crippen LogP contribution is -2.48. The summed E-state index contributed by atoms with van der Waals surface area (Å²) in [6.45, 7) is 3.93. The van der Waals surface area contributed by atoms with Crippen LogP contribution in [0, 0.1) is 5.82 Å². The zero-order chi connectivity index (χ0) is 22.4. The lowest BCUT2D eigenvalue weighted by molar-refractivity contribution is -0.159. The van der Waals surface area contributed by atoms with Crippen LogP contribution in [-0.4, -0.2) is 70.8 Å². The monoisotopic (exact) mass is 432 g/mol. The molecule has 0 radical (unpaired) electrons. The number of nitrogens with zero attached hydrogens (tertiary/aromatic N) is 2. The van der Waals surface area contributed by atoms with E-state index in [1.165, 1.54) is 12.1 Å². The summed E-state index contributed by atoms with van der Waals surface area (Å²) >= 11 is 0. The summed E-state index contributed by atoms with van der Waals surface area (Å²) in [6, 6.07) is 11.8. The fraction of sp³-hybridized carbons (Fsp3) is 0.286. The first-order valence-corrected chi connectivity index (χ1v) is 9.45. The van der Waals surface area contributed by atoms with E-state index in [0.717, 1.165) is 36.7 Å². The van der Waals surface area contributed by atoms with Gasteiger partial charge in [-0.15, -0.1) is 0 Å². The molecule has 4 rings (SSSR count). The van der Waals surface area contributed by atoms with Crippen LogP contribution in [0.15, 0.2) is 42.5 Å². The highest BCUT2D eigenvalue weighted by Gasteiger charge is 2.23. The number of hydrogen-bond acceptors (Lipinski definition) is 6. The minimum Gasteiger partial charge on any atom is -0.473 e. The Morgan fingerprint density at radius 3 is 2.23 bits per heavy atom. The summed E-state index contributed by atoms with van der Waals surface area (Å²) < 4.78 is 24.0. The van der Waals surface area contributed by atoms with Crippen molar-refractivity contribution in [1.29, 1.82) is 0 Å². The van der Waals surface area contributed by atoms with E-state index in [-0.39, 0.29) is 18.5 Å². The molecule has 2 aromatic rings. The van der Waals surface area contributed by atoms with Gasteiger partial charge in [0, 0.05) is 38.3 Å². The fourth-order valence-corrected chi connectivity index (χ4v) is 3.21. The van der Waals surface area contributed by atoms with Crippen molar-refractivity contribution in [3.05, 3.63) is 59.4 Å². The summed E-state index contributed by atoms with van der Waals surface area (Å²) in [5.41, 5.74) is 1.57. The topological polar surface area (TPSA) is 117 Å². The molecule has 1 fully saturated rings. The Labute approximate surface area is 177 Å². The first-order valence-electron chi connectivity index (χ1n) is 9.45. The quantitative estimate of drug-likeness (QED) is 0.704. The summed E-state index contributed by atoms with van der Waals surface area (Å²) in [5, 5.41) is 14.8. The van der Waals surface area contributed by atoms with Crippen LogP contribution >= 0.6 is 0 Å². The Kier molecular flexibility index (Phi) is 7.03. The SMILES string of the molecule is O=C(O)C(=O)O.O=C(c1cccc(F)c1)N1CCN(Cc2ccc3c(c2)OCO3)CC1. The number of amides is 1. The average Bonchev–Trinajstić information content (AvgIpc) is 3.22. The van der Waals surface area contributed by atoms with E-state index < -0.39 is 11.9 Å². The van der Waals surface area contributed by atoms with E-state index in [2.05, 4.69) is 4.90 Å². The third kappa shape index (κ3) is 5.92. The van der Waals surface area contributed by atoms with Gasteiger partial charge < -0.3 is 24.6 Å². The van der Waals surface area contributed by atoms with Crippen molar-refractivity contribution in [3.8, 4) is 11.5 Å². The van der Waals surface area contributed by atoms with Gasteiger partial charge in [-0.25, -0.2) is 14.0 Å². The lowest BCUT2D eigenvalue weighted by Gasteiger charge is -2.34. The van der Waals surface area contributed by atoms with Crippen LogP contribution in [0.3, 0.4) is 0 Å². The van der Waals surface area contributed by atoms with Gasteiger partial charge in [0.25, 0.3) is 5.91 Å². The molecule has 1 amide bonds. The second-order valence-electron chi connectivity index (χ2n) is 6.88. The fourth-order valence-electron chi connectivity index (χ4n) is 3.21. The molecule has 2 N–H and O–H groups in total. The van der Waals surface area contributed by atoms with Crippen LogP contribution in [0.4, 0.5) is 4.39 Å². The van der Waals surface area contributed by atoms with Gasteiger partial charge in [-0.2, -0.15) is 0 Å². The van der Waals surface area contributed by atoms with Gasteiger partial charge in [-0.1, -0.05) is 12.1 Å². The highest BCUT2D eigenvalue weighted by molar-refractivity contribution is 6.27. The second-order valence-corrected chi connectivity index (χ2v) is 6.88. The molecule has 0 bridgehead atoms. The van der Waals surface area contributed by atoms with Crippen molar-refractivity contribution >= 4 is 17.8 Å². The minimum absolute atomic E-state index is 0.109. The molecule has 2 aromatic carbocycles. The van der Waals surface area contributed by atoms with E-state index in [9.17, 15) is 9.18 Å². The number of halogens is 1. The number of benzene rings is 2. The smallest absolute Gasteiger partial charge is 0.414 e. The molecular weight excluding hydrogens is 411 g/mol. The minimum atomic E-state index is -1.82. The largest absolute Gasteiger partial charge is 0.473 e. The highest BCUT2D eigenvalue weighted by atomic mass is 19.1. The molecule has 10 heteroatoms. The van der Waals surface area contributed by atoms with Crippen molar-refractivity contribution in [1.82, 2.24) is 9.80 Å². The molecule has 164 valence electrons. The molecule has 2 aliphatic rings. The molecule has 0 saturated carbocycles. The number of carbonyl (C=O) groups is 3. The van der Waals surface area contributed by atoms with Crippen LogP contribution in [0.2, 0.25) is 0 Å². The Balaban J connectivity index is 0.000000401. The number of aliphatic carboxylic acids is 2. The number of hydrogen-bond donors (Lipinski definition) is 2. The van der Waals surface area contributed by atoms with Crippen LogP contribution in [-0.2, 0) is 16.1 Å². The summed E-state index contributed by atoms with van der Waals surface area (Å²) in [7, 11) is 0. The lowest BCUT2D eigenvalue weighted by atomic mass is 10.1. The molecule has 0 aliphatic carbocycles. The third-order valence-corrected chi connectivity index (χ3v) is 4.76. The summed E-state index contributed by atoms with van der Waals surface area (Å²) in [6.07, 6.45) is 0. The van der Waals surface area contributed by atoms with Crippen LogP contribution in [0.5, 0.6) is 11.5 Å². The molecule has 2 heterocycles.